The van der Waals surface area contributed by atoms with Gasteiger partial charge in [0.25, 0.3) is 0 Å². The maximum absolute atomic E-state index is 12.9. The number of rotatable bonds is 7. The van der Waals surface area contributed by atoms with Gasteiger partial charge in [-0.05, 0) is 43.9 Å². The lowest BCUT2D eigenvalue weighted by molar-refractivity contribution is -0.136. The number of carbonyl (C=O) groups excluding carboxylic acids is 2. The lowest BCUT2D eigenvalue weighted by atomic mass is 10.2. The van der Waals surface area contributed by atoms with Crippen LogP contribution in [-0.4, -0.2) is 38.9 Å². The van der Waals surface area contributed by atoms with E-state index in [1.165, 1.54) is 0 Å². The number of nitrogens with zero attached hydrogens (tertiary/aromatic N) is 3. The van der Waals surface area contributed by atoms with E-state index in [-0.39, 0.29) is 30.3 Å². The summed E-state index contributed by atoms with van der Waals surface area (Å²) in [5.41, 5.74) is 2.48. The van der Waals surface area contributed by atoms with E-state index in [0.717, 1.165) is 42.6 Å². The van der Waals surface area contributed by atoms with Gasteiger partial charge in [-0.15, -0.1) is 0 Å². The average Bonchev–Trinajstić information content (AvgIpc) is 3.70. The van der Waals surface area contributed by atoms with Gasteiger partial charge in [0.15, 0.2) is 0 Å². The van der Waals surface area contributed by atoms with Gasteiger partial charge in [0.05, 0.1) is 5.69 Å². The SMILES string of the molecule is O=C(CN(C(=O)C1CC1)C1CC1)Nc1nc(-c2ccccc2)cn1-c1cccc(Cl)c1. The summed E-state index contributed by atoms with van der Waals surface area (Å²) in [6, 6.07) is 17.4. The van der Waals surface area contributed by atoms with Crippen molar-refractivity contribution in [2.24, 2.45) is 5.92 Å². The van der Waals surface area contributed by atoms with Crippen LogP contribution < -0.4 is 5.32 Å². The molecule has 6 nitrogen and oxygen atoms in total. The summed E-state index contributed by atoms with van der Waals surface area (Å²) >= 11 is 6.19. The molecule has 5 rings (SSSR count). The van der Waals surface area contributed by atoms with E-state index in [0.29, 0.717) is 11.0 Å². The predicted molar refractivity (Wildman–Crippen MR) is 120 cm³/mol. The van der Waals surface area contributed by atoms with Gasteiger partial charge in [0.1, 0.15) is 6.54 Å². The summed E-state index contributed by atoms with van der Waals surface area (Å²) in [6.07, 6.45) is 5.69. The van der Waals surface area contributed by atoms with Crippen LogP contribution >= 0.6 is 11.6 Å². The minimum atomic E-state index is -0.241. The summed E-state index contributed by atoms with van der Waals surface area (Å²) in [6.45, 7) is 0.0586. The number of hydrogen-bond donors (Lipinski definition) is 1. The summed E-state index contributed by atoms with van der Waals surface area (Å²) in [7, 11) is 0. The highest BCUT2D eigenvalue weighted by molar-refractivity contribution is 6.30. The summed E-state index contributed by atoms with van der Waals surface area (Å²) in [5, 5.41) is 3.52. The Balaban J connectivity index is 1.42. The number of hydrogen-bond acceptors (Lipinski definition) is 3. The Labute approximate surface area is 185 Å². The van der Waals surface area contributed by atoms with Crippen LogP contribution in [0.25, 0.3) is 16.9 Å². The third-order valence-electron chi connectivity index (χ3n) is 5.62. The minimum absolute atomic E-state index is 0.0586. The van der Waals surface area contributed by atoms with Crippen molar-refractivity contribution in [1.29, 1.82) is 0 Å². The lowest BCUT2D eigenvalue weighted by Crippen LogP contribution is -2.40. The molecule has 31 heavy (non-hydrogen) atoms. The van der Waals surface area contributed by atoms with E-state index in [9.17, 15) is 9.59 Å². The van der Waals surface area contributed by atoms with Gasteiger partial charge in [-0.2, -0.15) is 0 Å². The first-order valence-electron chi connectivity index (χ1n) is 10.6. The van der Waals surface area contributed by atoms with Crippen molar-refractivity contribution >= 4 is 29.4 Å². The second-order valence-corrected chi connectivity index (χ2v) is 8.62. The molecule has 1 N–H and O–H groups in total. The van der Waals surface area contributed by atoms with Crippen molar-refractivity contribution in [3.8, 4) is 16.9 Å². The zero-order valence-electron chi connectivity index (χ0n) is 17.0. The Morgan fingerprint density at radius 3 is 2.52 bits per heavy atom. The molecule has 2 fully saturated rings. The number of amides is 2. The summed E-state index contributed by atoms with van der Waals surface area (Å²) in [4.78, 5) is 31.9. The first-order chi connectivity index (χ1) is 15.1. The van der Waals surface area contributed by atoms with Crippen LogP contribution in [0.15, 0.2) is 60.8 Å². The Morgan fingerprint density at radius 2 is 1.84 bits per heavy atom. The van der Waals surface area contributed by atoms with Crippen LogP contribution in [0.3, 0.4) is 0 Å². The van der Waals surface area contributed by atoms with Crippen LogP contribution in [-0.2, 0) is 9.59 Å². The standard InChI is InChI=1S/C24H23ClN4O2/c25-18-7-4-8-20(13-18)29-14-21(16-5-2-1-3-6-16)26-24(29)27-22(30)15-28(19-11-12-19)23(31)17-9-10-17/h1-8,13-14,17,19H,9-12,15H2,(H,26,27,30). The average molecular weight is 435 g/mol. The normalized spacial score (nSPS) is 15.5. The van der Waals surface area contributed by atoms with Crippen molar-refractivity contribution in [1.82, 2.24) is 14.5 Å². The van der Waals surface area contributed by atoms with E-state index in [1.54, 1.807) is 11.0 Å². The van der Waals surface area contributed by atoms with Crippen LogP contribution in [0.2, 0.25) is 5.02 Å². The van der Waals surface area contributed by atoms with Crippen molar-refractivity contribution in [3.05, 3.63) is 65.8 Å². The molecule has 158 valence electrons. The molecule has 2 aliphatic carbocycles. The summed E-state index contributed by atoms with van der Waals surface area (Å²) in [5.74, 6) is 0.377. The van der Waals surface area contributed by atoms with Gasteiger partial charge < -0.3 is 4.90 Å². The molecule has 2 saturated carbocycles. The summed E-state index contributed by atoms with van der Waals surface area (Å²) < 4.78 is 1.82. The number of anilines is 1. The third-order valence-corrected chi connectivity index (χ3v) is 5.86. The molecule has 0 unspecified atom stereocenters. The van der Waals surface area contributed by atoms with Crippen LogP contribution in [0, 0.1) is 5.92 Å². The monoisotopic (exact) mass is 434 g/mol. The first-order valence-corrected chi connectivity index (χ1v) is 11.0. The number of carbonyl (C=O) groups is 2. The molecule has 1 heterocycles. The molecule has 0 aliphatic heterocycles. The molecule has 2 amide bonds. The van der Waals surface area contributed by atoms with Gasteiger partial charge >= 0.3 is 0 Å². The first kappa shape index (κ1) is 19.8. The van der Waals surface area contributed by atoms with Gasteiger partial charge in [0.2, 0.25) is 17.8 Å². The van der Waals surface area contributed by atoms with Gasteiger partial charge in [0, 0.05) is 34.4 Å². The van der Waals surface area contributed by atoms with E-state index < -0.39 is 0 Å². The smallest absolute Gasteiger partial charge is 0.246 e. The molecule has 2 aromatic carbocycles. The number of halogens is 1. The fourth-order valence-corrected chi connectivity index (χ4v) is 3.88. The zero-order valence-corrected chi connectivity index (χ0v) is 17.8. The van der Waals surface area contributed by atoms with Crippen molar-refractivity contribution in [2.45, 2.75) is 31.7 Å². The Hall–Kier alpha value is -3.12. The zero-order chi connectivity index (χ0) is 21.4. The second kappa shape index (κ2) is 8.19. The fraction of sp³-hybridized carbons (Fsp3) is 0.292. The molecule has 3 aromatic rings. The molecule has 0 spiro atoms. The van der Waals surface area contributed by atoms with Crippen LogP contribution in [0.1, 0.15) is 25.7 Å². The highest BCUT2D eigenvalue weighted by Gasteiger charge is 2.40. The highest BCUT2D eigenvalue weighted by atomic mass is 35.5. The van der Waals surface area contributed by atoms with Crippen LogP contribution in [0.4, 0.5) is 5.95 Å². The van der Waals surface area contributed by atoms with Crippen LogP contribution in [0.5, 0.6) is 0 Å². The Kier molecular flexibility index (Phi) is 5.24. The van der Waals surface area contributed by atoms with Crippen molar-refractivity contribution < 1.29 is 9.59 Å². The number of benzene rings is 2. The molecule has 2 aliphatic rings. The number of nitrogens with one attached hydrogen (secondary N) is 1. The molecule has 1 aromatic heterocycles. The molecule has 0 atom stereocenters. The maximum Gasteiger partial charge on any atom is 0.246 e. The second-order valence-electron chi connectivity index (χ2n) is 8.19. The predicted octanol–water partition coefficient (Wildman–Crippen LogP) is 4.53. The minimum Gasteiger partial charge on any atom is -0.330 e. The lowest BCUT2D eigenvalue weighted by Gasteiger charge is -2.21. The van der Waals surface area contributed by atoms with E-state index >= 15 is 0 Å². The van der Waals surface area contributed by atoms with Crippen molar-refractivity contribution in [3.63, 3.8) is 0 Å². The molecular weight excluding hydrogens is 412 g/mol. The van der Waals surface area contributed by atoms with E-state index in [2.05, 4.69) is 10.3 Å². The third kappa shape index (κ3) is 4.49. The van der Waals surface area contributed by atoms with E-state index in [1.807, 2.05) is 59.3 Å². The maximum atomic E-state index is 12.9. The Morgan fingerprint density at radius 1 is 1.06 bits per heavy atom. The highest BCUT2D eigenvalue weighted by Crippen LogP contribution is 2.36. The fourth-order valence-electron chi connectivity index (χ4n) is 3.70. The largest absolute Gasteiger partial charge is 0.330 e. The van der Waals surface area contributed by atoms with E-state index in [4.69, 9.17) is 11.6 Å². The quantitative estimate of drug-likeness (QED) is 0.594. The molecular formula is C24H23ClN4O2. The van der Waals surface area contributed by atoms with Crippen molar-refractivity contribution in [2.75, 3.05) is 11.9 Å². The van der Waals surface area contributed by atoms with Gasteiger partial charge in [-0.1, -0.05) is 48.0 Å². The molecule has 0 saturated heterocycles. The Bertz CT molecular complexity index is 1120. The van der Waals surface area contributed by atoms with Gasteiger partial charge in [-0.3, -0.25) is 19.5 Å². The molecule has 0 bridgehead atoms. The van der Waals surface area contributed by atoms with Gasteiger partial charge in [-0.25, -0.2) is 4.98 Å². The number of aromatic nitrogens is 2. The molecule has 7 heteroatoms. The topological polar surface area (TPSA) is 67.2 Å². The molecule has 0 radical (unpaired) electrons. The number of imidazole rings is 1.